The first-order valence-electron chi connectivity index (χ1n) is 6.95. The third-order valence-corrected chi connectivity index (χ3v) is 2.73. The molecule has 0 atom stereocenters. The fourth-order valence-corrected chi connectivity index (χ4v) is 1.77. The van der Waals surface area contributed by atoms with E-state index >= 15 is 0 Å². The van der Waals surface area contributed by atoms with Crippen LogP contribution in [0.2, 0.25) is 0 Å². The second-order valence-electron chi connectivity index (χ2n) is 4.24. The van der Waals surface area contributed by atoms with Crippen LogP contribution in [0, 0.1) is 0 Å². The van der Waals surface area contributed by atoms with Gasteiger partial charge in [-0.25, -0.2) is 0 Å². The minimum Gasteiger partial charge on any atom is -0.497 e. The van der Waals surface area contributed by atoms with Gasteiger partial charge in [-0.1, -0.05) is 0 Å². The molecule has 6 nitrogen and oxygen atoms in total. The molecule has 1 aromatic carbocycles. The average Bonchev–Trinajstić information content (AvgIpc) is 2.47. The molecule has 118 valence electrons. The van der Waals surface area contributed by atoms with Crippen molar-refractivity contribution in [2.24, 2.45) is 5.73 Å². The van der Waals surface area contributed by atoms with Crippen LogP contribution in [0.1, 0.15) is 30.6 Å². The van der Waals surface area contributed by atoms with Crippen molar-refractivity contribution in [1.82, 2.24) is 0 Å². The van der Waals surface area contributed by atoms with Gasteiger partial charge in [-0.15, -0.1) is 0 Å². The molecule has 21 heavy (non-hydrogen) atoms. The van der Waals surface area contributed by atoms with Crippen molar-refractivity contribution in [1.29, 1.82) is 0 Å². The third-order valence-electron chi connectivity index (χ3n) is 2.73. The molecule has 0 unspecified atom stereocenters. The lowest BCUT2D eigenvalue weighted by Gasteiger charge is -2.17. The van der Waals surface area contributed by atoms with Crippen LogP contribution in [0.4, 0.5) is 0 Å². The number of primary amides is 1. The third kappa shape index (κ3) is 6.01. The standard InChI is InChI=1S/C15H23NO5/c1-4-19-14(20-5-2)6-7-21-13-9-11(15(16)17)8-12(10-13)18-3/h8-10,14H,4-7H2,1-3H3,(H2,16,17). The topological polar surface area (TPSA) is 80.0 Å². The molecule has 0 aromatic heterocycles. The fourth-order valence-electron chi connectivity index (χ4n) is 1.77. The molecule has 0 heterocycles. The van der Waals surface area contributed by atoms with E-state index < -0.39 is 5.91 Å². The highest BCUT2D eigenvalue weighted by Crippen LogP contribution is 2.22. The quantitative estimate of drug-likeness (QED) is 0.668. The van der Waals surface area contributed by atoms with Crippen molar-refractivity contribution in [3.8, 4) is 11.5 Å². The highest BCUT2D eigenvalue weighted by atomic mass is 16.7. The first-order valence-corrected chi connectivity index (χ1v) is 6.95. The normalized spacial score (nSPS) is 10.7. The smallest absolute Gasteiger partial charge is 0.248 e. The minimum atomic E-state index is -0.528. The van der Waals surface area contributed by atoms with E-state index in [0.717, 1.165) is 0 Å². The van der Waals surface area contributed by atoms with Crippen molar-refractivity contribution in [3.63, 3.8) is 0 Å². The number of rotatable bonds is 10. The van der Waals surface area contributed by atoms with Crippen molar-refractivity contribution in [2.75, 3.05) is 26.9 Å². The average molecular weight is 297 g/mol. The molecule has 0 bridgehead atoms. The Balaban J connectivity index is 2.61. The maximum absolute atomic E-state index is 11.2. The van der Waals surface area contributed by atoms with Gasteiger partial charge in [0.2, 0.25) is 5.91 Å². The summed E-state index contributed by atoms with van der Waals surface area (Å²) in [5.74, 6) is 0.516. The Labute approximate surface area is 125 Å². The summed E-state index contributed by atoms with van der Waals surface area (Å²) >= 11 is 0. The number of hydrogen-bond donors (Lipinski definition) is 1. The summed E-state index contributed by atoms with van der Waals surface area (Å²) in [6, 6.07) is 4.85. The Kier molecular flexibility index (Phi) is 7.56. The van der Waals surface area contributed by atoms with E-state index in [9.17, 15) is 4.79 Å². The van der Waals surface area contributed by atoms with Gasteiger partial charge in [0.05, 0.1) is 13.7 Å². The van der Waals surface area contributed by atoms with E-state index in [1.165, 1.54) is 7.11 Å². The van der Waals surface area contributed by atoms with Gasteiger partial charge in [0.1, 0.15) is 11.5 Å². The highest BCUT2D eigenvalue weighted by Gasteiger charge is 2.10. The van der Waals surface area contributed by atoms with Crippen molar-refractivity contribution in [2.45, 2.75) is 26.6 Å². The molecule has 0 radical (unpaired) electrons. The predicted octanol–water partition coefficient (Wildman–Crippen LogP) is 1.96. The summed E-state index contributed by atoms with van der Waals surface area (Å²) in [6.07, 6.45) is 0.298. The molecule has 0 aliphatic heterocycles. The Morgan fingerprint density at radius 2 is 1.76 bits per heavy atom. The molecule has 0 saturated carbocycles. The molecule has 2 N–H and O–H groups in total. The molecule has 0 spiro atoms. The summed E-state index contributed by atoms with van der Waals surface area (Å²) in [7, 11) is 1.52. The molecule has 1 aromatic rings. The van der Waals surface area contributed by atoms with Gasteiger partial charge in [-0.05, 0) is 26.0 Å². The van der Waals surface area contributed by atoms with Gasteiger partial charge >= 0.3 is 0 Å². The number of nitrogens with two attached hydrogens (primary N) is 1. The van der Waals surface area contributed by atoms with Crippen molar-refractivity contribution >= 4 is 5.91 Å². The molecule has 0 aliphatic carbocycles. The Hall–Kier alpha value is -1.79. The summed E-state index contributed by atoms with van der Waals surface area (Å²) < 4.78 is 21.6. The Bertz CT molecular complexity index is 444. The molecular weight excluding hydrogens is 274 g/mol. The zero-order valence-corrected chi connectivity index (χ0v) is 12.8. The molecule has 0 aliphatic rings. The van der Waals surface area contributed by atoms with Gasteiger partial charge in [0, 0.05) is 31.3 Å². The van der Waals surface area contributed by atoms with E-state index in [2.05, 4.69) is 0 Å². The highest BCUT2D eigenvalue weighted by molar-refractivity contribution is 5.93. The second-order valence-corrected chi connectivity index (χ2v) is 4.24. The molecular formula is C15H23NO5. The van der Waals surface area contributed by atoms with E-state index in [1.807, 2.05) is 13.8 Å². The minimum absolute atomic E-state index is 0.291. The van der Waals surface area contributed by atoms with Crippen LogP contribution >= 0.6 is 0 Å². The maximum atomic E-state index is 11.2. The Morgan fingerprint density at radius 1 is 1.14 bits per heavy atom. The van der Waals surface area contributed by atoms with Gasteiger partial charge in [0.15, 0.2) is 6.29 Å². The SMILES string of the molecule is CCOC(CCOc1cc(OC)cc(C(N)=O)c1)OCC. The monoisotopic (exact) mass is 297 g/mol. The molecule has 0 fully saturated rings. The summed E-state index contributed by atoms with van der Waals surface area (Å²) in [4.78, 5) is 11.2. The van der Waals surface area contributed by atoms with Crippen molar-refractivity contribution < 1.29 is 23.7 Å². The number of hydrogen-bond acceptors (Lipinski definition) is 5. The molecule has 1 amide bonds. The first-order chi connectivity index (χ1) is 10.1. The largest absolute Gasteiger partial charge is 0.497 e. The summed E-state index contributed by atoms with van der Waals surface area (Å²) in [6.45, 7) is 5.38. The lowest BCUT2D eigenvalue weighted by atomic mass is 10.2. The van der Waals surface area contributed by atoms with Gasteiger partial charge < -0.3 is 24.7 Å². The summed E-state index contributed by atoms with van der Waals surface area (Å²) in [5.41, 5.74) is 5.62. The number of methoxy groups -OCH3 is 1. The predicted molar refractivity (Wildman–Crippen MR) is 78.7 cm³/mol. The van der Waals surface area contributed by atoms with E-state index in [1.54, 1.807) is 18.2 Å². The number of carbonyl (C=O) groups excluding carboxylic acids is 1. The number of ether oxygens (including phenoxy) is 4. The van der Waals surface area contributed by atoms with Crippen molar-refractivity contribution in [3.05, 3.63) is 23.8 Å². The van der Waals surface area contributed by atoms with Crippen LogP contribution in [-0.2, 0) is 9.47 Å². The van der Waals surface area contributed by atoms with E-state index in [4.69, 9.17) is 24.7 Å². The molecule has 0 saturated heterocycles. The Morgan fingerprint density at radius 3 is 2.29 bits per heavy atom. The van der Waals surface area contributed by atoms with Gasteiger partial charge in [0.25, 0.3) is 0 Å². The van der Waals surface area contributed by atoms with Crippen LogP contribution in [-0.4, -0.2) is 39.1 Å². The first kappa shape index (κ1) is 17.3. The summed E-state index contributed by atoms with van der Waals surface area (Å²) in [5, 5.41) is 0. The van der Waals surface area contributed by atoms with Gasteiger partial charge in [-0.2, -0.15) is 0 Å². The van der Waals surface area contributed by atoms with E-state index in [-0.39, 0.29) is 6.29 Å². The number of carbonyl (C=O) groups is 1. The number of benzene rings is 1. The molecule has 1 rings (SSSR count). The van der Waals surface area contributed by atoms with Crippen LogP contribution in [0.15, 0.2) is 18.2 Å². The zero-order valence-electron chi connectivity index (χ0n) is 12.8. The molecule has 6 heteroatoms. The van der Waals surface area contributed by atoms with Crippen LogP contribution < -0.4 is 15.2 Å². The van der Waals surface area contributed by atoms with Crippen LogP contribution in [0.3, 0.4) is 0 Å². The van der Waals surface area contributed by atoms with Crippen LogP contribution in [0.25, 0.3) is 0 Å². The number of amides is 1. The lowest BCUT2D eigenvalue weighted by Crippen LogP contribution is -2.20. The van der Waals surface area contributed by atoms with E-state index in [0.29, 0.717) is 43.3 Å². The fraction of sp³-hybridized carbons (Fsp3) is 0.533. The lowest BCUT2D eigenvalue weighted by molar-refractivity contribution is -0.142. The maximum Gasteiger partial charge on any atom is 0.248 e. The van der Waals surface area contributed by atoms with Crippen LogP contribution in [0.5, 0.6) is 11.5 Å². The second kappa shape index (κ2) is 9.20. The van der Waals surface area contributed by atoms with Gasteiger partial charge in [-0.3, -0.25) is 4.79 Å². The zero-order chi connectivity index (χ0) is 15.7.